The second kappa shape index (κ2) is 6.38. The summed E-state index contributed by atoms with van der Waals surface area (Å²) >= 11 is 6.08. The minimum Gasteiger partial charge on any atom is -0.508 e. The van der Waals surface area contributed by atoms with Crippen LogP contribution in [0.15, 0.2) is 42.6 Å². The Morgan fingerprint density at radius 2 is 1.70 bits per heavy atom. The number of benzene rings is 2. The third-order valence-electron chi connectivity index (χ3n) is 4.50. The summed E-state index contributed by atoms with van der Waals surface area (Å²) in [6, 6.07) is 11.7. The molecule has 0 unspecified atom stereocenters. The maximum absolute atomic E-state index is 10.1. The van der Waals surface area contributed by atoms with Crippen LogP contribution in [0.3, 0.4) is 0 Å². The highest BCUT2D eigenvalue weighted by Gasteiger charge is 2.18. The number of pyridine rings is 1. The molecule has 4 rings (SSSR count). The Balaban J connectivity index is 0.00000156. The van der Waals surface area contributed by atoms with Crippen LogP contribution in [0.2, 0.25) is 5.02 Å². The van der Waals surface area contributed by atoms with Crippen LogP contribution in [0.5, 0.6) is 5.75 Å². The normalized spacial score (nSPS) is 13.4. The smallest absolute Gasteiger partial charge is 0.119 e. The highest BCUT2D eigenvalue weighted by Crippen LogP contribution is 2.38. The average molecular weight is 346 g/mol. The molecular weight excluding hydrogens is 329 g/mol. The van der Waals surface area contributed by atoms with Crippen molar-refractivity contribution >= 4 is 34.9 Å². The van der Waals surface area contributed by atoms with Crippen molar-refractivity contribution in [3.63, 3.8) is 0 Å². The standard InChI is InChI=1S/C19H16ClNO.ClH/c20-12-5-6-16-15(9-10-21-18(16)11-12)14-7-8-19(22)17-4-2-1-3-13(14)17;/h5-11,22H,1-4H2;1H. The second-order valence-electron chi connectivity index (χ2n) is 5.82. The van der Waals surface area contributed by atoms with E-state index in [4.69, 9.17) is 11.6 Å². The van der Waals surface area contributed by atoms with Gasteiger partial charge in [-0.2, -0.15) is 0 Å². The molecule has 0 saturated carbocycles. The van der Waals surface area contributed by atoms with Gasteiger partial charge in [0, 0.05) is 16.6 Å². The molecule has 0 saturated heterocycles. The van der Waals surface area contributed by atoms with E-state index in [0.717, 1.165) is 35.7 Å². The Kier molecular flexibility index (Phi) is 4.47. The molecule has 1 aromatic heterocycles. The van der Waals surface area contributed by atoms with Crippen LogP contribution in [0.1, 0.15) is 24.0 Å². The second-order valence-corrected chi connectivity index (χ2v) is 6.25. The van der Waals surface area contributed by atoms with Crippen molar-refractivity contribution in [2.45, 2.75) is 25.7 Å². The zero-order valence-electron chi connectivity index (χ0n) is 12.6. The molecule has 0 bridgehead atoms. The van der Waals surface area contributed by atoms with Gasteiger partial charge in [0.15, 0.2) is 0 Å². The van der Waals surface area contributed by atoms with Crippen molar-refractivity contribution in [3.05, 3.63) is 58.7 Å². The van der Waals surface area contributed by atoms with Crippen LogP contribution in [0.4, 0.5) is 0 Å². The highest BCUT2D eigenvalue weighted by atomic mass is 35.5. The molecule has 0 spiro atoms. The number of aromatic nitrogens is 1. The summed E-state index contributed by atoms with van der Waals surface area (Å²) in [6.07, 6.45) is 6.14. The number of hydrogen-bond donors (Lipinski definition) is 1. The molecule has 3 aromatic rings. The number of halogens is 2. The predicted octanol–water partition coefficient (Wildman–Crippen LogP) is 5.56. The average Bonchev–Trinajstić information content (AvgIpc) is 2.55. The van der Waals surface area contributed by atoms with Crippen molar-refractivity contribution < 1.29 is 5.11 Å². The number of fused-ring (bicyclic) bond motifs is 2. The van der Waals surface area contributed by atoms with Crippen LogP contribution in [-0.2, 0) is 12.8 Å². The summed E-state index contributed by atoms with van der Waals surface area (Å²) < 4.78 is 0. The van der Waals surface area contributed by atoms with Crippen LogP contribution in [-0.4, -0.2) is 10.1 Å². The summed E-state index contributed by atoms with van der Waals surface area (Å²) in [4.78, 5) is 4.42. The van der Waals surface area contributed by atoms with E-state index in [1.54, 1.807) is 0 Å². The number of nitrogens with zero attached hydrogens (tertiary/aromatic N) is 1. The van der Waals surface area contributed by atoms with Crippen LogP contribution in [0.25, 0.3) is 22.0 Å². The fraction of sp³-hybridized carbons (Fsp3) is 0.211. The minimum atomic E-state index is 0. The lowest BCUT2D eigenvalue weighted by atomic mass is 9.84. The van der Waals surface area contributed by atoms with E-state index in [1.807, 2.05) is 36.5 Å². The number of aromatic hydroxyl groups is 1. The van der Waals surface area contributed by atoms with Crippen LogP contribution in [0, 0.1) is 0 Å². The van der Waals surface area contributed by atoms with E-state index >= 15 is 0 Å². The van der Waals surface area contributed by atoms with Crippen molar-refractivity contribution in [2.75, 3.05) is 0 Å². The third-order valence-corrected chi connectivity index (χ3v) is 4.74. The van der Waals surface area contributed by atoms with Gasteiger partial charge < -0.3 is 5.11 Å². The molecule has 1 aliphatic rings. The Morgan fingerprint density at radius 1 is 0.913 bits per heavy atom. The van der Waals surface area contributed by atoms with Gasteiger partial charge in [0.25, 0.3) is 0 Å². The first-order valence-electron chi connectivity index (χ1n) is 7.62. The van der Waals surface area contributed by atoms with Crippen molar-refractivity contribution in [1.29, 1.82) is 0 Å². The maximum atomic E-state index is 10.1. The molecule has 2 aromatic carbocycles. The number of phenols is 1. The first-order chi connectivity index (χ1) is 10.7. The fourth-order valence-electron chi connectivity index (χ4n) is 3.46. The zero-order valence-corrected chi connectivity index (χ0v) is 14.1. The lowest BCUT2D eigenvalue weighted by Crippen LogP contribution is -2.05. The topological polar surface area (TPSA) is 33.1 Å². The molecule has 23 heavy (non-hydrogen) atoms. The molecule has 2 nitrogen and oxygen atoms in total. The van der Waals surface area contributed by atoms with Gasteiger partial charge in [0.05, 0.1) is 5.52 Å². The highest BCUT2D eigenvalue weighted by molar-refractivity contribution is 6.31. The summed E-state index contributed by atoms with van der Waals surface area (Å²) in [6.45, 7) is 0. The summed E-state index contributed by atoms with van der Waals surface area (Å²) in [7, 11) is 0. The van der Waals surface area contributed by atoms with E-state index in [9.17, 15) is 5.11 Å². The fourth-order valence-corrected chi connectivity index (χ4v) is 3.62. The number of phenolic OH excluding ortho intramolecular Hbond substituents is 1. The van der Waals surface area contributed by atoms with E-state index in [0.29, 0.717) is 10.8 Å². The molecule has 0 atom stereocenters. The molecule has 0 amide bonds. The maximum Gasteiger partial charge on any atom is 0.119 e. The SMILES string of the molecule is Cl.Oc1ccc(-c2ccnc3cc(Cl)ccc23)c2c1CCCC2. The Morgan fingerprint density at radius 3 is 2.52 bits per heavy atom. The minimum absolute atomic E-state index is 0. The van der Waals surface area contributed by atoms with Crippen molar-refractivity contribution in [1.82, 2.24) is 4.98 Å². The molecule has 0 aliphatic heterocycles. The van der Waals surface area contributed by atoms with Gasteiger partial charge >= 0.3 is 0 Å². The molecule has 4 heteroatoms. The van der Waals surface area contributed by atoms with Crippen molar-refractivity contribution in [3.8, 4) is 16.9 Å². The third kappa shape index (κ3) is 2.77. The first-order valence-corrected chi connectivity index (χ1v) is 8.00. The Labute approximate surface area is 146 Å². The molecule has 118 valence electrons. The van der Waals surface area contributed by atoms with Gasteiger partial charge in [0.1, 0.15) is 5.75 Å². The van der Waals surface area contributed by atoms with E-state index in [1.165, 1.54) is 23.1 Å². The van der Waals surface area contributed by atoms with E-state index in [2.05, 4.69) is 11.1 Å². The zero-order chi connectivity index (χ0) is 15.1. The van der Waals surface area contributed by atoms with E-state index < -0.39 is 0 Å². The number of rotatable bonds is 1. The largest absolute Gasteiger partial charge is 0.508 e. The molecule has 0 fully saturated rings. The lowest BCUT2D eigenvalue weighted by Gasteiger charge is -2.21. The molecule has 1 heterocycles. The van der Waals surface area contributed by atoms with E-state index in [-0.39, 0.29) is 12.4 Å². The first kappa shape index (κ1) is 16.1. The van der Waals surface area contributed by atoms with Crippen molar-refractivity contribution in [2.24, 2.45) is 0 Å². The quantitative estimate of drug-likeness (QED) is 0.626. The van der Waals surface area contributed by atoms with Gasteiger partial charge in [-0.3, -0.25) is 4.98 Å². The molecule has 1 aliphatic carbocycles. The van der Waals surface area contributed by atoms with Gasteiger partial charge in [-0.15, -0.1) is 12.4 Å². The van der Waals surface area contributed by atoms with Gasteiger partial charge in [-0.25, -0.2) is 0 Å². The summed E-state index contributed by atoms with van der Waals surface area (Å²) in [5.41, 5.74) is 5.68. The van der Waals surface area contributed by atoms with Gasteiger partial charge in [-0.05, 0) is 72.2 Å². The Hall–Kier alpha value is -1.77. The summed E-state index contributed by atoms with van der Waals surface area (Å²) in [5, 5.41) is 11.9. The predicted molar refractivity (Wildman–Crippen MR) is 97.7 cm³/mol. The number of hydrogen-bond acceptors (Lipinski definition) is 2. The van der Waals surface area contributed by atoms with Crippen LogP contribution >= 0.6 is 24.0 Å². The van der Waals surface area contributed by atoms with Gasteiger partial charge in [-0.1, -0.05) is 23.7 Å². The Bertz CT molecular complexity index is 877. The lowest BCUT2D eigenvalue weighted by molar-refractivity contribution is 0.462. The molecule has 0 radical (unpaired) electrons. The molecular formula is C19H17Cl2NO. The molecule has 1 N–H and O–H groups in total. The monoisotopic (exact) mass is 345 g/mol. The summed E-state index contributed by atoms with van der Waals surface area (Å²) in [5.74, 6) is 0.430. The van der Waals surface area contributed by atoms with Crippen LogP contribution < -0.4 is 0 Å². The van der Waals surface area contributed by atoms with Gasteiger partial charge in [0.2, 0.25) is 0 Å².